The normalized spacial score (nSPS) is 23.1. The van der Waals surface area contributed by atoms with Crippen molar-refractivity contribution >= 4 is 23.5 Å². The molecule has 1 saturated heterocycles. The number of nitrogens with zero attached hydrogens (tertiary/aromatic N) is 1. The second-order valence-electron chi connectivity index (χ2n) is 5.37. The first kappa shape index (κ1) is 13.3. The van der Waals surface area contributed by atoms with E-state index in [2.05, 4.69) is 0 Å². The molecule has 1 aliphatic rings. The Balaban J connectivity index is 3.01. The van der Waals surface area contributed by atoms with E-state index in [1.165, 1.54) is 0 Å². The lowest BCUT2D eigenvalue weighted by Crippen LogP contribution is -2.63. The third-order valence-electron chi connectivity index (χ3n) is 2.83. The minimum atomic E-state index is -0.526. The average Bonchev–Trinajstić information content (AvgIpc) is 1.96. The van der Waals surface area contributed by atoms with E-state index in [1.54, 1.807) is 4.90 Å². The summed E-state index contributed by atoms with van der Waals surface area (Å²) in [6.45, 7) is 7.45. The molecule has 1 aliphatic heterocycles. The number of piperidine rings is 1. The van der Waals surface area contributed by atoms with E-state index in [9.17, 15) is 9.59 Å². The Labute approximate surface area is 101 Å². The molecule has 1 fully saturated rings. The summed E-state index contributed by atoms with van der Waals surface area (Å²) in [7, 11) is 0. The van der Waals surface area contributed by atoms with Gasteiger partial charge in [-0.1, -0.05) is 11.6 Å². The van der Waals surface area contributed by atoms with Gasteiger partial charge < -0.3 is 4.74 Å². The molecule has 1 heterocycles. The number of alkyl halides is 1. The fraction of sp³-hybridized carbons (Fsp3) is 0.818. The van der Waals surface area contributed by atoms with Crippen molar-refractivity contribution in [1.82, 2.24) is 4.90 Å². The fourth-order valence-corrected chi connectivity index (χ4v) is 2.70. The second-order valence-corrected chi connectivity index (χ2v) is 5.59. The van der Waals surface area contributed by atoms with E-state index in [0.717, 1.165) is 0 Å². The van der Waals surface area contributed by atoms with Crippen molar-refractivity contribution in [2.45, 2.75) is 51.6 Å². The summed E-state index contributed by atoms with van der Waals surface area (Å²) in [6, 6.07) is -0.171. The summed E-state index contributed by atoms with van der Waals surface area (Å²) < 4.78 is 4.83. The first-order valence-corrected chi connectivity index (χ1v) is 5.79. The zero-order valence-electron chi connectivity index (χ0n) is 10.2. The number of carbonyl (C=O) groups excluding carboxylic acids is 2. The SMILES string of the molecule is CC1(C)CC(=O)CC(C)(C)N1C(=O)OCCl. The maximum Gasteiger partial charge on any atom is 0.411 e. The van der Waals surface area contributed by atoms with Crippen LogP contribution in [-0.4, -0.2) is 33.9 Å². The van der Waals surface area contributed by atoms with Crippen LogP contribution in [0.4, 0.5) is 4.79 Å². The fourth-order valence-electron chi connectivity index (χ4n) is 2.61. The lowest BCUT2D eigenvalue weighted by atomic mass is 9.79. The van der Waals surface area contributed by atoms with E-state index in [1.807, 2.05) is 27.7 Å². The van der Waals surface area contributed by atoms with Gasteiger partial charge in [0.15, 0.2) is 6.07 Å². The smallest absolute Gasteiger partial charge is 0.411 e. The molecule has 0 spiro atoms. The van der Waals surface area contributed by atoms with Gasteiger partial charge in [0.05, 0.1) is 0 Å². The van der Waals surface area contributed by atoms with Crippen LogP contribution in [0.1, 0.15) is 40.5 Å². The monoisotopic (exact) mass is 247 g/mol. The average molecular weight is 248 g/mol. The molecule has 0 atom stereocenters. The molecule has 0 aromatic rings. The standard InChI is InChI=1S/C11H18ClNO3/c1-10(2)5-8(14)6-11(3,4)13(10)9(15)16-7-12/h5-7H2,1-4H3. The van der Waals surface area contributed by atoms with Crippen molar-refractivity contribution in [3.8, 4) is 0 Å². The van der Waals surface area contributed by atoms with Crippen LogP contribution in [0.15, 0.2) is 0 Å². The molecule has 92 valence electrons. The van der Waals surface area contributed by atoms with Gasteiger partial charge >= 0.3 is 6.09 Å². The van der Waals surface area contributed by atoms with E-state index in [4.69, 9.17) is 16.3 Å². The number of Topliss-reactive ketones (excluding diaryl/α,β-unsaturated/α-hetero) is 1. The number of hydrogen-bond donors (Lipinski definition) is 0. The van der Waals surface area contributed by atoms with Gasteiger partial charge in [-0.2, -0.15) is 0 Å². The maximum atomic E-state index is 11.8. The van der Waals surface area contributed by atoms with Gasteiger partial charge in [-0.25, -0.2) is 4.79 Å². The van der Waals surface area contributed by atoms with Gasteiger partial charge in [-0.3, -0.25) is 9.69 Å². The summed E-state index contributed by atoms with van der Waals surface area (Å²) in [5.41, 5.74) is -1.05. The third-order valence-corrected chi connectivity index (χ3v) is 2.94. The van der Waals surface area contributed by atoms with Crippen LogP contribution in [0, 0.1) is 0 Å². The quantitative estimate of drug-likeness (QED) is 0.669. The van der Waals surface area contributed by atoms with Crippen molar-refractivity contribution in [3.05, 3.63) is 0 Å². The molecule has 0 bridgehead atoms. The highest BCUT2D eigenvalue weighted by molar-refractivity contribution is 6.17. The lowest BCUT2D eigenvalue weighted by molar-refractivity contribution is -0.130. The molecule has 1 rings (SSSR count). The Bertz CT molecular complexity index is 292. The number of carbonyl (C=O) groups is 2. The zero-order valence-corrected chi connectivity index (χ0v) is 10.9. The molecule has 0 aromatic heterocycles. The molecule has 0 saturated carbocycles. The molecule has 0 N–H and O–H groups in total. The molecule has 1 amide bonds. The largest absolute Gasteiger partial charge is 0.433 e. The molecular formula is C11H18ClNO3. The predicted octanol–water partition coefficient (Wildman–Crippen LogP) is 2.54. The Morgan fingerprint density at radius 2 is 1.75 bits per heavy atom. The minimum absolute atomic E-state index is 0.171. The van der Waals surface area contributed by atoms with Gasteiger partial charge in [-0.15, -0.1) is 0 Å². The molecule has 0 aromatic carbocycles. The highest BCUT2D eigenvalue weighted by atomic mass is 35.5. The van der Waals surface area contributed by atoms with Gasteiger partial charge in [0.2, 0.25) is 0 Å². The molecule has 4 nitrogen and oxygen atoms in total. The Hall–Kier alpha value is -0.770. The van der Waals surface area contributed by atoms with Crippen LogP contribution in [0.25, 0.3) is 0 Å². The predicted molar refractivity (Wildman–Crippen MR) is 61.4 cm³/mol. The van der Waals surface area contributed by atoms with E-state index in [0.29, 0.717) is 12.8 Å². The summed E-state index contributed by atoms with van der Waals surface area (Å²) >= 11 is 5.39. The number of halogens is 1. The van der Waals surface area contributed by atoms with Crippen LogP contribution in [0.3, 0.4) is 0 Å². The number of rotatable bonds is 1. The number of likely N-dealkylation sites (tertiary alicyclic amines) is 1. The zero-order chi connectivity index (χ0) is 12.6. The van der Waals surface area contributed by atoms with Crippen molar-refractivity contribution < 1.29 is 14.3 Å². The molecule has 5 heteroatoms. The maximum absolute atomic E-state index is 11.8. The Kier molecular flexibility index (Phi) is 3.53. The molecule has 0 radical (unpaired) electrons. The van der Waals surface area contributed by atoms with Gasteiger partial charge in [0, 0.05) is 23.9 Å². The van der Waals surface area contributed by atoms with E-state index >= 15 is 0 Å². The highest BCUT2D eigenvalue weighted by Gasteiger charge is 2.48. The summed E-state index contributed by atoms with van der Waals surface area (Å²) in [4.78, 5) is 25.1. The lowest BCUT2D eigenvalue weighted by Gasteiger charge is -2.50. The van der Waals surface area contributed by atoms with Crippen LogP contribution in [0.5, 0.6) is 0 Å². The molecule has 16 heavy (non-hydrogen) atoms. The molecule has 0 aliphatic carbocycles. The topological polar surface area (TPSA) is 46.6 Å². The Morgan fingerprint density at radius 3 is 2.12 bits per heavy atom. The van der Waals surface area contributed by atoms with Crippen LogP contribution in [-0.2, 0) is 9.53 Å². The summed E-state index contributed by atoms with van der Waals surface area (Å²) in [5, 5.41) is 0. The van der Waals surface area contributed by atoms with Crippen LogP contribution in [0.2, 0.25) is 0 Å². The van der Waals surface area contributed by atoms with Crippen molar-refractivity contribution in [2.75, 3.05) is 6.07 Å². The first-order valence-electron chi connectivity index (χ1n) is 5.25. The van der Waals surface area contributed by atoms with E-state index in [-0.39, 0.29) is 11.8 Å². The second kappa shape index (κ2) is 4.24. The van der Waals surface area contributed by atoms with Crippen molar-refractivity contribution in [3.63, 3.8) is 0 Å². The highest BCUT2D eigenvalue weighted by Crippen LogP contribution is 2.36. The van der Waals surface area contributed by atoms with Gasteiger partial charge in [0.1, 0.15) is 5.78 Å². The first-order chi connectivity index (χ1) is 7.20. The van der Waals surface area contributed by atoms with Crippen molar-refractivity contribution in [1.29, 1.82) is 0 Å². The summed E-state index contributed by atoms with van der Waals surface area (Å²) in [5.74, 6) is 0.171. The Morgan fingerprint density at radius 1 is 1.31 bits per heavy atom. The number of ether oxygens (including phenoxy) is 1. The van der Waals surface area contributed by atoms with Crippen molar-refractivity contribution in [2.24, 2.45) is 0 Å². The van der Waals surface area contributed by atoms with Crippen LogP contribution >= 0.6 is 11.6 Å². The summed E-state index contributed by atoms with van der Waals surface area (Å²) in [6.07, 6.45) is 0.249. The van der Waals surface area contributed by atoms with E-state index < -0.39 is 17.2 Å². The molecule has 0 unspecified atom stereocenters. The van der Waals surface area contributed by atoms with Gasteiger partial charge in [-0.05, 0) is 27.7 Å². The number of hydrogen-bond acceptors (Lipinski definition) is 3. The third kappa shape index (κ3) is 2.48. The number of ketones is 1. The van der Waals surface area contributed by atoms with Crippen LogP contribution < -0.4 is 0 Å². The van der Waals surface area contributed by atoms with Gasteiger partial charge in [0.25, 0.3) is 0 Å². The molecular weight excluding hydrogens is 230 g/mol. The minimum Gasteiger partial charge on any atom is -0.433 e. The number of amides is 1.